The number of hydrogen-bond donors (Lipinski definition) is 2. The predicted molar refractivity (Wildman–Crippen MR) is 70.4 cm³/mol. The van der Waals surface area contributed by atoms with Gasteiger partial charge in [0.25, 0.3) is 0 Å². The smallest absolute Gasteiger partial charge is 0.129 e. The van der Waals surface area contributed by atoms with Crippen LogP contribution in [0.3, 0.4) is 0 Å². The number of ether oxygens (including phenoxy) is 1. The van der Waals surface area contributed by atoms with E-state index in [0.29, 0.717) is 11.4 Å². The van der Waals surface area contributed by atoms with Crippen LogP contribution >= 0.6 is 0 Å². The predicted octanol–water partition coefficient (Wildman–Crippen LogP) is 2.06. The molecule has 2 aromatic rings. The van der Waals surface area contributed by atoms with Crippen LogP contribution in [0, 0.1) is 6.92 Å². The lowest BCUT2D eigenvalue weighted by molar-refractivity contribution is 0.220. The van der Waals surface area contributed by atoms with Gasteiger partial charge in [0, 0.05) is 11.8 Å². The van der Waals surface area contributed by atoms with E-state index >= 15 is 0 Å². The Morgan fingerprint density at radius 1 is 1.22 bits per heavy atom. The maximum Gasteiger partial charge on any atom is 0.129 e. The van der Waals surface area contributed by atoms with Crippen molar-refractivity contribution < 1.29 is 9.84 Å². The molecule has 0 fully saturated rings. The Bertz CT molecular complexity index is 518. The number of aryl methyl sites for hydroxylation is 1. The van der Waals surface area contributed by atoms with E-state index in [1.54, 1.807) is 25.4 Å². The minimum absolute atomic E-state index is 0.360. The molecule has 0 bridgehead atoms. The number of methoxy groups -OCH3 is 1. The van der Waals surface area contributed by atoms with Crippen molar-refractivity contribution >= 4 is 5.82 Å². The molecule has 2 rings (SSSR count). The number of aliphatic hydroxyl groups is 1. The van der Waals surface area contributed by atoms with Crippen LogP contribution in [0.2, 0.25) is 0 Å². The molecule has 1 atom stereocenters. The molecule has 0 radical (unpaired) electrons. The average Bonchev–Trinajstić information content (AvgIpc) is 2.38. The van der Waals surface area contributed by atoms with Gasteiger partial charge in [0.2, 0.25) is 0 Å². The molecule has 1 aromatic carbocycles. The van der Waals surface area contributed by atoms with Gasteiger partial charge in [0.05, 0.1) is 7.11 Å². The van der Waals surface area contributed by atoms with E-state index in [2.05, 4.69) is 4.98 Å². The average molecular weight is 244 g/mol. The normalized spacial score (nSPS) is 12.2. The number of hydrogen-bond acceptors (Lipinski definition) is 4. The summed E-state index contributed by atoms with van der Waals surface area (Å²) in [6.45, 7) is 1.90. The zero-order valence-electron chi connectivity index (χ0n) is 10.4. The number of rotatable bonds is 3. The standard InChI is InChI=1S/C14H16N2O2/c1-9-7-8-16-14(15)12(9)13(17)10-3-5-11(18-2)6-4-10/h3-8,13,17H,1-2H3,(H2,15,16). The van der Waals surface area contributed by atoms with Gasteiger partial charge in [-0.2, -0.15) is 0 Å². The minimum Gasteiger partial charge on any atom is -0.497 e. The van der Waals surface area contributed by atoms with E-state index in [-0.39, 0.29) is 0 Å². The number of nitrogen functional groups attached to an aromatic ring is 1. The Balaban J connectivity index is 2.38. The second kappa shape index (κ2) is 5.06. The van der Waals surface area contributed by atoms with Crippen molar-refractivity contribution in [3.05, 3.63) is 53.2 Å². The molecule has 0 aliphatic rings. The third kappa shape index (κ3) is 2.28. The summed E-state index contributed by atoms with van der Waals surface area (Å²) in [6.07, 6.45) is 0.860. The first-order valence-electron chi connectivity index (χ1n) is 5.66. The third-order valence-electron chi connectivity index (χ3n) is 2.94. The zero-order chi connectivity index (χ0) is 13.1. The van der Waals surface area contributed by atoms with Crippen LogP contribution in [0.25, 0.3) is 0 Å². The highest BCUT2D eigenvalue weighted by atomic mass is 16.5. The van der Waals surface area contributed by atoms with E-state index in [1.165, 1.54) is 0 Å². The first-order valence-corrected chi connectivity index (χ1v) is 5.66. The van der Waals surface area contributed by atoms with E-state index in [1.807, 2.05) is 25.1 Å². The molecule has 18 heavy (non-hydrogen) atoms. The fraction of sp³-hybridized carbons (Fsp3) is 0.214. The molecular weight excluding hydrogens is 228 g/mol. The fourth-order valence-corrected chi connectivity index (χ4v) is 1.90. The molecule has 1 unspecified atom stereocenters. The van der Waals surface area contributed by atoms with Gasteiger partial charge in [-0.25, -0.2) is 4.98 Å². The molecule has 4 heteroatoms. The van der Waals surface area contributed by atoms with Crippen molar-refractivity contribution in [3.63, 3.8) is 0 Å². The minimum atomic E-state index is -0.774. The number of aromatic nitrogens is 1. The molecule has 0 amide bonds. The highest BCUT2D eigenvalue weighted by Crippen LogP contribution is 2.29. The number of aliphatic hydroxyl groups excluding tert-OH is 1. The van der Waals surface area contributed by atoms with Crippen LogP contribution in [0.4, 0.5) is 5.82 Å². The molecule has 1 aromatic heterocycles. The summed E-state index contributed by atoms with van der Waals surface area (Å²) < 4.78 is 5.08. The Morgan fingerprint density at radius 3 is 2.44 bits per heavy atom. The highest BCUT2D eigenvalue weighted by Gasteiger charge is 2.16. The second-order valence-corrected chi connectivity index (χ2v) is 4.10. The number of benzene rings is 1. The van der Waals surface area contributed by atoms with Crippen LogP contribution < -0.4 is 10.5 Å². The summed E-state index contributed by atoms with van der Waals surface area (Å²) in [5, 5.41) is 10.4. The van der Waals surface area contributed by atoms with Crippen molar-refractivity contribution in [2.75, 3.05) is 12.8 Å². The lowest BCUT2D eigenvalue weighted by atomic mass is 9.98. The van der Waals surface area contributed by atoms with E-state index in [0.717, 1.165) is 16.9 Å². The SMILES string of the molecule is COc1ccc(C(O)c2c(C)ccnc2N)cc1. The van der Waals surface area contributed by atoms with Crippen molar-refractivity contribution in [2.24, 2.45) is 0 Å². The van der Waals surface area contributed by atoms with Crippen LogP contribution in [0.5, 0.6) is 5.75 Å². The molecule has 0 spiro atoms. The molecule has 0 saturated heterocycles. The molecule has 4 nitrogen and oxygen atoms in total. The van der Waals surface area contributed by atoms with E-state index in [9.17, 15) is 5.11 Å². The Kier molecular flexibility index (Phi) is 3.48. The quantitative estimate of drug-likeness (QED) is 0.867. The molecule has 0 saturated carbocycles. The Hall–Kier alpha value is -2.07. The first kappa shape index (κ1) is 12.4. The lowest BCUT2D eigenvalue weighted by Gasteiger charge is -2.16. The van der Waals surface area contributed by atoms with Gasteiger partial charge < -0.3 is 15.6 Å². The number of nitrogens with zero attached hydrogens (tertiary/aromatic N) is 1. The van der Waals surface area contributed by atoms with Crippen molar-refractivity contribution in [1.82, 2.24) is 4.98 Å². The largest absolute Gasteiger partial charge is 0.497 e. The molecule has 3 N–H and O–H groups in total. The third-order valence-corrected chi connectivity index (χ3v) is 2.94. The number of anilines is 1. The van der Waals surface area contributed by atoms with Gasteiger partial charge in [-0.05, 0) is 36.2 Å². The Morgan fingerprint density at radius 2 is 1.89 bits per heavy atom. The topological polar surface area (TPSA) is 68.4 Å². The van der Waals surface area contributed by atoms with Gasteiger partial charge in [0.15, 0.2) is 0 Å². The molecular formula is C14H16N2O2. The van der Waals surface area contributed by atoms with Gasteiger partial charge in [-0.15, -0.1) is 0 Å². The van der Waals surface area contributed by atoms with Gasteiger partial charge in [-0.3, -0.25) is 0 Å². The van der Waals surface area contributed by atoms with Gasteiger partial charge >= 0.3 is 0 Å². The van der Waals surface area contributed by atoms with Crippen molar-refractivity contribution in [3.8, 4) is 5.75 Å². The monoisotopic (exact) mass is 244 g/mol. The molecule has 94 valence electrons. The van der Waals surface area contributed by atoms with Crippen LogP contribution in [0.15, 0.2) is 36.5 Å². The number of nitrogens with two attached hydrogens (primary N) is 1. The number of pyridine rings is 1. The van der Waals surface area contributed by atoms with Crippen molar-refractivity contribution in [1.29, 1.82) is 0 Å². The van der Waals surface area contributed by atoms with Gasteiger partial charge in [-0.1, -0.05) is 12.1 Å². The summed E-state index contributed by atoms with van der Waals surface area (Å²) in [7, 11) is 1.61. The van der Waals surface area contributed by atoms with E-state index < -0.39 is 6.10 Å². The second-order valence-electron chi connectivity index (χ2n) is 4.10. The highest BCUT2D eigenvalue weighted by molar-refractivity contribution is 5.49. The van der Waals surface area contributed by atoms with Gasteiger partial charge in [0.1, 0.15) is 17.7 Å². The maximum atomic E-state index is 10.4. The van der Waals surface area contributed by atoms with Crippen LogP contribution in [0.1, 0.15) is 22.8 Å². The maximum absolute atomic E-state index is 10.4. The molecule has 0 aliphatic carbocycles. The summed E-state index contributed by atoms with van der Waals surface area (Å²) in [5.74, 6) is 1.11. The summed E-state index contributed by atoms with van der Waals surface area (Å²) >= 11 is 0. The summed E-state index contributed by atoms with van der Waals surface area (Å²) in [6, 6.07) is 9.07. The van der Waals surface area contributed by atoms with E-state index in [4.69, 9.17) is 10.5 Å². The van der Waals surface area contributed by atoms with Crippen LogP contribution in [-0.2, 0) is 0 Å². The summed E-state index contributed by atoms with van der Waals surface area (Å²) in [4.78, 5) is 4.01. The lowest BCUT2D eigenvalue weighted by Crippen LogP contribution is -2.07. The zero-order valence-corrected chi connectivity index (χ0v) is 10.4. The first-order chi connectivity index (χ1) is 8.63. The van der Waals surface area contributed by atoms with Crippen LogP contribution in [-0.4, -0.2) is 17.2 Å². The molecule has 1 heterocycles. The summed E-state index contributed by atoms with van der Waals surface area (Å²) in [5.41, 5.74) is 8.16. The molecule has 0 aliphatic heterocycles. The fourth-order valence-electron chi connectivity index (χ4n) is 1.90. The van der Waals surface area contributed by atoms with Crippen molar-refractivity contribution in [2.45, 2.75) is 13.0 Å². The Labute approximate surface area is 106 Å².